The van der Waals surface area contributed by atoms with Gasteiger partial charge in [0.15, 0.2) is 0 Å². The van der Waals surface area contributed by atoms with E-state index in [0.717, 1.165) is 37.6 Å². The van der Waals surface area contributed by atoms with Crippen LogP contribution in [0.1, 0.15) is 24.8 Å². The first-order valence-electron chi connectivity index (χ1n) is 9.83. The SMILES string of the molecule is CN(C)c1cc(CNC2CCCC2C2COCCN2)c2ccccc2n1.Cl. The molecule has 3 unspecified atom stereocenters. The fourth-order valence-corrected chi connectivity index (χ4v) is 4.43. The van der Waals surface area contributed by atoms with Gasteiger partial charge in [0.1, 0.15) is 5.82 Å². The lowest BCUT2D eigenvalue weighted by Gasteiger charge is -2.33. The number of hydrogen-bond acceptors (Lipinski definition) is 5. The number of halogens is 1. The highest BCUT2D eigenvalue weighted by Crippen LogP contribution is 2.30. The minimum atomic E-state index is 0. The average Bonchev–Trinajstić information content (AvgIpc) is 3.15. The van der Waals surface area contributed by atoms with Crippen molar-refractivity contribution in [3.05, 3.63) is 35.9 Å². The highest BCUT2D eigenvalue weighted by molar-refractivity contribution is 5.85. The topological polar surface area (TPSA) is 49.4 Å². The van der Waals surface area contributed by atoms with E-state index < -0.39 is 0 Å². The van der Waals surface area contributed by atoms with Crippen molar-refractivity contribution in [2.75, 3.05) is 38.8 Å². The van der Waals surface area contributed by atoms with E-state index in [1.807, 2.05) is 0 Å². The first kappa shape index (κ1) is 20.3. The molecule has 27 heavy (non-hydrogen) atoms. The standard InChI is InChI=1S/C21H30N4O.ClH/c1-25(2)21-12-15(16-6-3-4-8-19(16)24-21)13-23-18-9-5-7-17(18)20-14-26-11-10-22-20;/h3-4,6,8,12,17-18,20,22-23H,5,7,9-11,13-14H2,1-2H3;1H. The Morgan fingerprint density at radius 3 is 2.89 bits per heavy atom. The third-order valence-electron chi connectivity index (χ3n) is 5.84. The summed E-state index contributed by atoms with van der Waals surface area (Å²) in [4.78, 5) is 6.86. The van der Waals surface area contributed by atoms with Crippen LogP contribution in [-0.2, 0) is 11.3 Å². The Labute approximate surface area is 168 Å². The minimum Gasteiger partial charge on any atom is -0.379 e. The number of pyridine rings is 1. The Balaban J connectivity index is 0.00000210. The molecule has 1 aromatic heterocycles. The molecule has 0 radical (unpaired) electrons. The van der Waals surface area contributed by atoms with E-state index in [1.165, 1.54) is 30.2 Å². The van der Waals surface area contributed by atoms with Gasteiger partial charge in [0, 0.05) is 44.7 Å². The van der Waals surface area contributed by atoms with E-state index in [0.29, 0.717) is 18.0 Å². The number of fused-ring (bicyclic) bond motifs is 1. The molecule has 4 rings (SSSR count). The molecule has 3 atom stereocenters. The minimum absolute atomic E-state index is 0. The van der Waals surface area contributed by atoms with E-state index >= 15 is 0 Å². The molecule has 0 amide bonds. The molecule has 0 bridgehead atoms. The van der Waals surface area contributed by atoms with Crippen LogP contribution in [0.4, 0.5) is 5.82 Å². The van der Waals surface area contributed by atoms with Gasteiger partial charge < -0.3 is 20.3 Å². The number of nitrogens with zero attached hydrogens (tertiary/aromatic N) is 2. The second-order valence-electron chi connectivity index (χ2n) is 7.77. The number of para-hydroxylation sites is 1. The number of anilines is 1. The number of morpholine rings is 1. The molecule has 2 heterocycles. The Kier molecular flexibility index (Phi) is 6.93. The summed E-state index contributed by atoms with van der Waals surface area (Å²) in [5.74, 6) is 1.68. The maximum absolute atomic E-state index is 5.70. The molecular formula is C21H31ClN4O. The van der Waals surface area contributed by atoms with Gasteiger partial charge in [-0.05, 0) is 36.5 Å². The van der Waals surface area contributed by atoms with Crippen molar-refractivity contribution in [3.8, 4) is 0 Å². The predicted molar refractivity (Wildman–Crippen MR) is 114 cm³/mol. The molecule has 5 nitrogen and oxygen atoms in total. The summed E-state index contributed by atoms with van der Waals surface area (Å²) >= 11 is 0. The molecule has 6 heteroatoms. The van der Waals surface area contributed by atoms with E-state index in [-0.39, 0.29) is 12.4 Å². The summed E-state index contributed by atoms with van der Waals surface area (Å²) in [6.07, 6.45) is 3.85. The number of ether oxygens (including phenoxy) is 1. The lowest BCUT2D eigenvalue weighted by Crippen LogP contribution is -2.50. The van der Waals surface area contributed by atoms with Gasteiger partial charge in [-0.3, -0.25) is 0 Å². The van der Waals surface area contributed by atoms with E-state index in [2.05, 4.69) is 60.0 Å². The average molecular weight is 391 g/mol. The molecular weight excluding hydrogens is 360 g/mol. The Hall–Kier alpha value is -1.40. The summed E-state index contributed by atoms with van der Waals surface area (Å²) < 4.78 is 5.70. The van der Waals surface area contributed by atoms with Gasteiger partial charge in [-0.1, -0.05) is 24.6 Å². The second-order valence-corrected chi connectivity index (χ2v) is 7.77. The monoisotopic (exact) mass is 390 g/mol. The number of aromatic nitrogens is 1. The number of benzene rings is 1. The molecule has 1 aromatic carbocycles. The normalized spacial score (nSPS) is 25.3. The van der Waals surface area contributed by atoms with E-state index in [1.54, 1.807) is 0 Å². The first-order valence-corrected chi connectivity index (χ1v) is 9.83. The highest BCUT2D eigenvalue weighted by atomic mass is 35.5. The van der Waals surface area contributed by atoms with Gasteiger partial charge in [-0.15, -0.1) is 12.4 Å². The van der Waals surface area contributed by atoms with Crippen LogP contribution in [0.3, 0.4) is 0 Å². The van der Waals surface area contributed by atoms with Crippen LogP contribution in [-0.4, -0.2) is 50.9 Å². The molecule has 1 aliphatic heterocycles. The molecule has 1 saturated carbocycles. The van der Waals surface area contributed by atoms with Gasteiger partial charge in [-0.2, -0.15) is 0 Å². The lowest BCUT2D eigenvalue weighted by molar-refractivity contribution is 0.0524. The van der Waals surface area contributed by atoms with Gasteiger partial charge >= 0.3 is 0 Å². The molecule has 2 N–H and O–H groups in total. The van der Waals surface area contributed by atoms with Crippen LogP contribution >= 0.6 is 12.4 Å². The first-order chi connectivity index (χ1) is 12.7. The number of nitrogens with one attached hydrogen (secondary N) is 2. The van der Waals surface area contributed by atoms with Crippen molar-refractivity contribution in [2.45, 2.75) is 37.9 Å². The zero-order valence-corrected chi connectivity index (χ0v) is 17.1. The van der Waals surface area contributed by atoms with Crippen molar-refractivity contribution in [1.29, 1.82) is 0 Å². The largest absolute Gasteiger partial charge is 0.379 e. The van der Waals surface area contributed by atoms with Crippen LogP contribution in [0, 0.1) is 5.92 Å². The third kappa shape index (κ3) is 4.54. The Bertz CT molecular complexity index is 748. The van der Waals surface area contributed by atoms with Crippen LogP contribution in [0.25, 0.3) is 10.9 Å². The summed E-state index contributed by atoms with van der Waals surface area (Å²) in [6, 6.07) is 11.7. The number of rotatable bonds is 5. The van der Waals surface area contributed by atoms with E-state index in [4.69, 9.17) is 9.72 Å². The highest BCUT2D eigenvalue weighted by Gasteiger charge is 2.34. The molecule has 2 fully saturated rings. The van der Waals surface area contributed by atoms with Crippen molar-refractivity contribution in [1.82, 2.24) is 15.6 Å². The Morgan fingerprint density at radius 1 is 1.26 bits per heavy atom. The molecule has 2 aliphatic rings. The van der Waals surface area contributed by atoms with Crippen LogP contribution in [0.2, 0.25) is 0 Å². The van der Waals surface area contributed by atoms with Crippen LogP contribution in [0.5, 0.6) is 0 Å². The zero-order chi connectivity index (χ0) is 17.9. The number of hydrogen-bond donors (Lipinski definition) is 2. The Morgan fingerprint density at radius 2 is 2.11 bits per heavy atom. The van der Waals surface area contributed by atoms with Gasteiger partial charge in [-0.25, -0.2) is 4.98 Å². The van der Waals surface area contributed by atoms with Gasteiger partial charge in [0.05, 0.1) is 18.7 Å². The molecule has 1 aliphatic carbocycles. The maximum atomic E-state index is 5.70. The van der Waals surface area contributed by atoms with Crippen molar-refractivity contribution in [3.63, 3.8) is 0 Å². The quantitative estimate of drug-likeness (QED) is 0.822. The van der Waals surface area contributed by atoms with Gasteiger partial charge in [0.25, 0.3) is 0 Å². The van der Waals surface area contributed by atoms with Crippen molar-refractivity contribution in [2.24, 2.45) is 5.92 Å². The molecule has 2 aromatic rings. The predicted octanol–water partition coefficient (Wildman–Crippen LogP) is 2.97. The summed E-state index contributed by atoms with van der Waals surface area (Å²) in [6.45, 7) is 3.57. The molecule has 1 saturated heterocycles. The van der Waals surface area contributed by atoms with Crippen LogP contribution in [0.15, 0.2) is 30.3 Å². The molecule has 0 spiro atoms. The fourth-order valence-electron chi connectivity index (χ4n) is 4.43. The summed E-state index contributed by atoms with van der Waals surface area (Å²) in [7, 11) is 4.10. The molecule has 148 valence electrons. The third-order valence-corrected chi connectivity index (χ3v) is 5.84. The smallest absolute Gasteiger partial charge is 0.129 e. The van der Waals surface area contributed by atoms with E-state index in [9.17, 15) is 0 Å². The second kappa shape index (κ2) is 9.20. The maximum Gasteiger partial charge on any atom is 0.129 e. The fraction of sp³-hybridized carbons (Fsp3) is 0.571. The van der Waals surface area contributed by atoms with Crippen molar-refractivity contribution >= 4 is 29.1 Å². The lowest BCUT2D eigenvalue weighted by atomic mass is 9.93. The zero-order valence-electron chi connectivity index (χ0n) is 16.3. The van der Waals surface area contributed by atoms with Gasteiger partial charge in [0.2, 0.25) is 0 Å². The summed E-state index contributed by atoms with van der Waals surface area (Å²) in [5, 5.41) is 8.77. The van der Waals surface area contributed by atoms with Crippen molar-refractivity contribution < 1.29 is 4.74 Å². The van der Waals surface area contributed by atoms with Crippen LogP contribution < -0.4 is 15.5 Å². The summed E-state index contributed by atoms with van der Waals surface area (Å²) in [5.41, 5.74) is 2.40.